The van der Waals surface area contributed by atoms with Crippen LogP contribution in [0.1, 0.15) is 82.2 Å². The topological polar surface area (TPSA) is 121 Å². The van der Waals surface area contributed by atoms with E-state index in [1.165, 1.54) is 0 Å². The van der Waals surface area contributed by atoms with Gasteiger partial charge in [-0.2, -0.15) is 0 Å². The third-order valence-corrected chi connectivity index (χ3v) is 14.2. The first-order valence-electron chi connectivity index (χ1n) is 18.2. The number of aliphatic hydroxyl groups excluding tert-OH is 1. The maximum atomic E-state index is 14.5. The molecule has 1 aromatic carbocycles. The highest BCUT2D eigenvalue weighted by atomic mass is 16.5. The number of urea groups is 1. The molecule has 1 aromatic heterocycles. The number of Topliss-reactive ketones (excluding diaryl/α,β-unsaturated/α-hetero) is 1. The predicted octanol–water partition coefficient (Wildman–Crippen LogP) is 6.78. The van der Waals surface area contributed by atoms with Crippen LogP contribution in [0.3, 0.4) is 0 Å². The number of nitrogens with one attached hydrogen (secondary N) is 1. The number of rotatable bonds is 8. The molecule has 2 amide bonds. The fraction of sp³-hybridized carbons (Fsp3) is 0.600. The van der Waals surface area contributed by atoms with E-state index in [1.54, 1.807) is 30.4 Å². The fourth-order valence-electron chi connectivity index (χ4n) is 11.6. The number of fused-ring (bicyclic) bond motifs is 1. The lowest BCUT2D eigenvalue weighted by molar-refractivity contribution is -0.175. The highest BCUT2D eigenvalue weighted by molar-refractivity contribution is 6.08. The van der Waals surface area contributed by atoms with Crippen molar-refractivity contribution in [2.75, 3.05) is 32.1 Å². The van der Waals surface area contributed by atoms with Crippen molar-refractivity contribution in [3.63, 3.8) is 0 Å². The molecule has 1 saturated heterocycles. The molecule has 2 bridgehead atoms. The highest BCUT2D eigenvalue weighted by Gasteiger charge is 2.74. The van der Waals surface area contributed by atoms with Crippen LogP contribution < -0.4 is 10.1 Å². The lowest BCUT2D eigenvalue weighted by atomic mass is 9.32. The minimum Gasteiger partial charge on any atom is -0.497 e. The van der Waals surface area contributed by atoms with Crippen molar-refractivity contribution in [2.45, 2.75) is 89.4 Å². The van der Waals surface area contributed by atoms with Crippen molar-refractivity contribution in [3.8, 4) is 5.75 Å². The van der Waals surface area contributed by atoms with E-state index in [0.29, 0.717) is 43.2 Å². The van der Waals surface area contributed by atoms with Crippen LogP contribution in [-0.2, 0) is 4.74 Å². The Hall–Kier alpha value is -3.40. The first-order valence-corrected chi connectivity index (χ1v) is 18.2. The van der Waals surface area contributed by atoms with Crippen LogP contribution in [-0.4, -0.2) is 71.5 Å². The Bertz CT molecular complexity index is 1660. The van der Waals surface area contributed by atoms with Gasteiger partial charge in [0.05, 0.1) is 37.7 Å². The summed E-state index contributed by atoms with van der Waals surface area (Å²) in [5.41, 5.74) is -1.47. The van der Waals surface area contributed by atoms with Gasteiger partial charge in [0.2, 0.25) is 5.78 Å². The predicted molar refractivity (Wildman–Crippen MR) is 184 cm³/mol. The van der Waals surface area contributed by atoms with Gasteiger partial charge in [-0.3, -0.25) is 4.79 Å². The molecule has 3 saturated carbocycles. The molecular formula is C40H50N2O7. The van der Waals surface area contributed by atoms with Crippen molar-refractivity contribution in [3.05, 3.63) is 72.2 Å². The third-order valence-electron chi connectivity index (χ3n) is 14.2. The molecule has 1 unspecified atom stereocenters. The van der Waals surface area contributed by atoms with Crippen molar-refractivity contribution >= 4 is 17.5 Å². The summed E-state index contributed by atoms with van der Waals surface area (Å²) in [6, 6.07) is 10.5. The van der Waals surface area contributed by atoms with Gasteiger partial charge in [0.15, 0.2) is 5.76 Å². The van der Waals surface area contributed by atoms with Gasteiger partial charge < -0.3 is 34.3 Å². The number of allylic oxidation sites excluding steroid dienone is 4. The Morgan fingerprint density at radius 2 is 1.76 bits per heavy atom. The van der Waals surface area contributed by atoms with Gasteiger partial charge in [0.25, 0.3) is 0 Å². The molecule has 9 nitrogen and oxygen atoms in total. The molecule has 0 radical (unpaired) electrons. The van der Waals surface area contributed by atoms with E-state index < -0.39 is 27.9 Å². The number of furan rings is 1. The smallest absolute Gasteiger partial charge is 0.322 e. The Kier molecular flexibility index (Phi) is 7.74. The number of aliphatic hydroxyl groups is 2. The van der Waals surface area contributed by atoms with Crippen LogP contribution in [0.15, 0.2) is 70.9 Å². The number of hydrogen-bond donors (Lipinski definition) is 3. The maximum Gasteiger partial charge on any atom is 0.322 e. The Labute approximate surface area is 288 Å². The third kappa shape index (κ3) is 4.75. The summed E-state index contributed by atoms with van der Waals surface area (Å²) < 4.78 is 17.0. The minimum atomic E-state index is -1.18. The first kappa shape index (κ1) is 32.8. The van der Waals surface area contributed by atoms with Gasteiger partial charge in [-0.15, -0.1) is 0 Å². The van der Waals surface area contributed by atoms with Gasteiger partial charge in [-0.25, -0.2) is 4.79 Å². The molecule has 2 heterocycles. The Morgan fingerprint density at radius 3 is 2.47 bits per heavy atom. The summed E-state index contributed by atoms with van der Waals surface area (Å²) >= 11 is 0. The quantitative estimate of drug-likeness (QED) is 0.209. The largest absolute Gasteiger partial charge is 0.497 e. The van der Waals surface area contributed by atoms with Crippen LogP contribution in [0.25, 0.3) is 0 Å². The fourth-order valence-corrected chi connectivity index (χ4v) is 11.6. The minimum absolute atomic E-state index is 0.0265. The maximum absolute atomic E-state index is 14.5. The molecule has 6 aliphatic carbocycles. The molecule has 9 heteroatoms. The van der Waals surface area contributed by atoms with Crippen molar-refractivity contribution in [1.29, 1.82) is 0 Å². The summed E-state index contributed by atoms with van der Waals surface area (Å²) in [4.78, 5) is 30.3. The number of carbonyl (C=O) groups excluding carboxylic acids is 2. The second-order valence-corrected chi connectivity index (χ2v) is 16.3. The summed E-state index contributed by atoms with van der Waals surface area (Å²) in [7, 11) is 1.61. The number of anilines is 1. The van der Waals surface area contributed by atoms with Crippen molar-refractivity contribution in [1.82, 2.24) is 4.90 Å². The molecule has 3 N–H and O–H groups in total. The van der Waals surface area contributed by atoms with Gasteiger partial charge in [-0.1, -0.05) is 32.1 Å². The number of nitrogens with zero attached hydrogens (tertiary/aromatic N) is 1. The van der Waals surface area contributed by atoms with E-state index in [4.69, 9.17) is 13.9 Å². The van der Waals surface area contributed by atoms with Gasteiger partial charge in [0.1, 0.15) is 5.75 Å². The van der Waals surface area contributed by atoms with Crippen LogP contribution in [0.5, 0.6) is 5.75 Å². The Balaban J connectivity index is 1.15. The number of carbonyl (C=O) groups is 2. The second-order valence-electron chi connectivity index (χ2n) is 16.3. The number of benzene rings is 1. The zero-order valence-corrected chi connectivity index (χ0v) is 29.0. The van der Waals surface area contributed by atoms with E-state index in [-0.39, 0.29) is 41.7 Å². The molecule has 262 valence electrons. The van der Waals surface area contributed by atoms with Gasteiger partial charge >= 0.3 is 6.03 Å². The summed E-state index contributed by atoms with van der Waals surface area (Å²) in [6.45, 7) is 5.82. The average molecular weight is 671 g/mol. The number of ether oxygens (including phenoxy) is 2. The van der Waals surface area contributed by atoms with Crippen LogP contribution in [0.2, 0.25) is 0 Å². The molecule has 1 aliphatic heterocycles. The highest BCUT2D eigenvalue weighted by Crippen LogP contribution is 2.78. The summed E-state index contributed by atoms with van der Waals surface area (Å²) in [6.07, 6.45) is 14.8. The standard InChI is InChI=1S/C40H50N2O7/c1-36-15-12-27(43)22-38(36)18-19-40(30(23-38)34(44)31-7-5-21-49-31)32(36)13-16-37(2)33(40)14-17-39(37,46)25-42(24-29-6-4-20-48-29)35(45)41-26-8-10-28(47-3)11-9-26/h5,7-11,18-19,21,23,27,29,32-33,43,46H,4,6,12-17,20,22,24-25H2,1-3H3,(H,41,45)/t27?,29-,32-,33-,36-,37+,38+,39-,40-/m1/s1. The lowest BCUT2D eigenvalue weighted by Gasteiger charge is -2.71. The molecule has 2 spiro atoms. The SMILES string of the molecule is COc1ccc(NC(=O)N(C[C@H]2CCCO2)C[C@]2(O)CC[C@H]3[C@]45C=C[C@@]6(C=C4C(=O)c4ccco4)CC(O)CC[C@]6(C)[C@H]5CC[C@@]32C)cc1. The molecule has 49 heavy (non-hydrogen) atoms. The second kappa shape index (κ2) is 11.6. The number of ketones is 1. The van der Waals surface area contributed by atoms with E-state index in [2.05, 4.69) is 37.4 Å². The van der Waals surface area contributed by atoms with Crippen molar-refractivity contribution < 1.29 is 33.7 Å². The zero-order chi connectivity index (χ0) is 34.2. The molecule has 9 rings (SSSR count). The molecule has 4 fully saturated rings. The van der Waals surface area contributed by atoms with Crippen LogP contribution in [0, 0.1) is 33.5 Å². The van der Waals surface area contributed by atoms with Crippen molar-refractivity contribution in [2.24, 2.45) is 33.5 Å². The van der Waals surface area contributed by atoms with Gasteiger partial charge in [0, 0.05) is 40.7 Å². The molecule has 2 aromatic rings. The average Bonchev–Trinajstić information content (AvgIpc) is 3.87. The summed E-state index contributed by atoms with van der Waals surface area (Å²) in [5.74, 6) is 1.09. The molecule has 7 aliphatic rings. The van der Waals surface area contributed by atoms with E-state index >= 15 is 0 Å². The first-order chi connectivity index (χ1) is 23.5. The normalized spacial score (nSPS) is 40.2. The monoisotopic (exact) mass is 670 g/mol. The zero-order valence-electron chi connectivity index (χ0n) is 29.0. The van der Waals surface area contributed by atoms with E-state index in [9.17, 15) is 19.8 Å². The molecular weight excluding hydrogens is 620 g/mol. The van der Waals surface area contributed by atoms with Crippen LogP contribution >= 0.6 is 0 Å². The Morgan fingerprint density at radius 1 is 1.00 bits per heavy atom. The number of amides is 2. The summed E-state index contributed by atoms with van der Waals surface area (Å²) in [5, 5.41) is 27.0. The van der Waals surface area contributed by atoms with E-state index in [1.807, 2.05) is 24.3 Å². The lowest BCUT2D eigenvalue weighted by Crippen LogP contribution is -2.67. The number of methoxy groups -OCH3 is 1. The van der Waals surface area contributed by atoms with Gasteiger partial charge in [-0.05, 0) is 111 Å². The number of hydrogen-bond acceptors (Lipinski definition) is 7. The van der Waals surface area contributed by atoms with Crippen LogP contribution in [0.4, 0.5) is 10.5 Å². The van der Waals surface area contributed by atoms with E-state index in [0.717, 1.165) is 50.5 Å². The molecule has 9 atom stereocenters.